The van der Waals surface area contributed by atoms with Gasteiger partial charge >= 0.3 is 0 Å². The van der Waals surface area contributed by atoms with Crippen LogP contribution in [0.2, 0.25) is 0 Å². The summed E-state index contributed by atoms with van der Waals surface area (Å²) in [4.78, 5) is 0. The van der Waals surface area contributed by atoms with Crippen molar-refractivity contribution in [2.24, 2.45) is 5.92 Å². The molecule has 0 unspecified atom stereocenters. The molecule has 1 rings (SSSR count). The molecule has 0 aliphatic carbocycles. The van der Waals surface area contributed by atoms with Crippen molar-refractivity contribution < 1.29 is 4.74 Å². The SMILES string of the molecule is CCc1cc(CC(C)C)ccc1OC. The molecule has 14 heavy (non-hydrogen) atoms. The summed E-state index contributed by atoms with van der Waals surface area (Å²) in [5, 5.41) is 0. The van der Waals surface area contributed by atoms with Gasteiger partial charge < -0.3 is 4.74 Å². The fourth-order valence-electron chi connectivity index (χ4n) is 1.71. The van der Waals surface area contributed by atoms with Gasteiger partial charge in [0.1, 0.15) is 5.75 Å². The maximum atomic E-state index is 5.30. The highest BCUT2D eigenvalue weighted by atomic mass is 16.5. The predicted molar refractivity (Wildman–Crippen MR) is 60.9 cm³/mol. The Bertz CT molecular complexity index is 289. The lowest BCUT2D eigenvalue weighted by Crippen LogP contribution is -1.97. The molecule has 1 aromatic carbocycles. The van der Waals surface area contributed by atoms with E-state index in [-0.39, 0.29) is 0 Å². The fourth-order valence-corrected chi connectivity index (χ4v) is 1.71. The Morgan fingerprint density at radius 1 is 1.29 bits per heavy atom. The molecule has 0 aliphatic rings. The van der Waals surface area contributed by atoms with E-state index in [9.17, 15) is 0 Å². The highest BCUT2D eigenvalue weighted by Crippen LogP contribution is 2.21. The lowest BCUT2D eigenvalue weighted by Gasteiger charge is -2.10. The first-order chi connectivity index (χ1) is 6.67. The Balaban J connectivity index is 2.89. The molecule has 78 valence electrons. The second-order valence-corrected chi connectivity index (χ2v) is 4.10. The average Bonchev–Trinajstić information content (AvgIpc) is 2.16. The van der Waals surface area contributed by atoms with Crippen molar-refractivity contribution in [3.05, 3.63) is 29.3 Å². The highest BCUT2D eigenvalue weighted by Gasteiger charge is 2.03. The molecule has 0 bridgehead atoms. The van der Waals surface area contributed by atoms with Crippen LogP contribution in [-0.4, -0.2) is 7.11 Å². The number of hydrogen-bond donors (Lipinski definition) is 0. The quantitative estimate of drug-likeness (QED) is 0.710. The van der Waals surface area contributed by atoms with Crippen molar-refractivity contribution in [1.82, 2.24) is 0 Å². The maximum Gasteiger partial charge on any atom is 0.122 e. The van der Waals surface area contributed by atoms with E-state index in [2.05, 4.69) is 39.0 Å². The second kappa shape index (κ2) is 5.04. The van der Waals surface area contributed by atoms with Crippen LogP contribution in [0.25, 0.3) is 0 Å². The van der Waals surface area contributed by atoms with Crippen LogP contribution >= 0.6 is 0 Å². The Kier molecular flexibility index (Phi) is 3.99. The molecule has 0 amide bonds. The molecular weight excluding hydrogens is 172 g/mol. The van der Waals surface area contributed by atoms with Crippen molar-refractivity contribution in [3.63, 3.8) is 0 Å². The molecule has 0 aromatic heterocycles. The van der Waals surface area contributed by atoms with E-state index < -0.39 is 0 Å². The van der Waals surface area contributed by atoms with Gasteiger partial charge in [0.25, 0.3) is 0 Å². The summed E-state index contributed by atoms with van der Waals surface area (Å²) in [6.45, 7) is 6.66. The molecule has 0 saturated heterocycles. The summed E-state index contributed by atoms with van der Waals surface area (Å²) in [6, 6.07) is 6.51. The summed E-state index contributed by atoms with van der Waals surface area (Å²) in [5.41, 5.74) is 2.73. The van der Waals surface area contributed by atoms with Crippen molar-refractivity contribution in [3.8, 4) is 5.75 Å². The summed E-state index contributed by atoms with van der Waals surface area (Å²) < 4.78 is 5.30. The predicted octanol–water partition coefficient (Wildman–Crippen LogP) is 3.46. The Labute approximate surface area is 87.1 Å². The third-order valence-electron chi connectivity index (χ3n) is 2.37. The van der Waals surface area contributed by atoms with Gasteiger partial charge in [-0.15, -0.1) is 0 Å². The van der Waals surface area contributed by atoms with E-state index in [0.29, 0.717) is 5.92 Å². The number of methoxy groups -OCH3 is 1. The first kappa shape index (κ1) is 11.1. The Hall–Kier alpha value is -0.980. The first-order valence-corrected chi connectivity index (χ1v) is 5.33. The maximum absolute atomic E-state index is 5.30. The molecule has 1 aromatic rings. The minimum atomic E-state index is 0.716. The summed E-state index contributed by atoms with van der Waals surface area (Å²) >= 11 is 0. The van der Waals surface area contributed by atoms with Gasteiger partial charge in [-0.25, -0.2) is 0 Å². The lowest BCUT2D eigenvalue weighted by molar-refractivity contribution is 0.410. The summed E-state index contributed by atoms with van der Waals surface area (Å²) in [7, 11) is 1.73. The molecule has 1 heteroatoms. The van der Waals surface area contributed by atoms with Crippen LogP contribution in [-0.2, 0) is 12.8 Å². The molecule has 0 N–H and O–H groups in total. The third kappa shape index (κ3) is 2.76. The smallest absolute Gasteiger partial charge is 0.122 e. The van der Waals surface area contributed by atoms with Gasteiger partial charge in [0.2, 0.25) is 0 Å². The van der Waals surface area contributed by atoms with E-state index in [1.165, 1.54) is 11.1 Å². The number of hydrogen-bond acceptors (Lipinski definition) is 1. The summed E-state index contributed by atoms with van der Waals surface area (Å²) in [5.74, 6) is 1.73. The first-order valence-electron chi connectivity index (χ1n) is 5.33. The number of rotatable bonds is 4. The van der Waals surface area contributed by atoms with E-state index >= 15 is 0 Å². The van der Waals surface area contributed by atoms with Crippen LogP contribution in [0.3, 0.4) is 0 Å². The van der Waals surface area contributed by atoms with Crippen LogP contribution in [0.1, 0.15) is 31.9 Å². The average molecular weight is 192 g/mol. The zero-order chi connectivity index (χ0) is 10.6. The van der Waals surface area contributed by atoms with Crippen molar-refractivity contribution in [2.45, 2.75) is 33.6 Å². The topological polar surface area (TPSA) is 9.23 Å². The molecule has 1 nitrogen and oxygen atoms in total. The Morgan fingerprint density at radius 2 is 2.00 bits per heavy atom. The van der Waals surface area contributed by atoms with Gasteiger partial charge in [-0.3, -0.25) is 0 Å². The van der Waals surface area contributed by atoms with Gasteiger partial charge in [0.15, 0.2) is 0 Å². The normalized spacial score (nSPS) is 10.6. The molecule has 0 fully saturated rings. The highest BCUT2D eigenvalue weighted by molar-refractivity contribution is 5.37. The van der Waals surface area contributed by atoms with E-state index in [4.69, 9.17) is 4.74 Å². The zero-order valence-corrected chi connectivity index (χ0v) is 9.63. The number of aryl methyl sites for hydroxylation is 1. The zero-order valence-electron chi connectivity index (χ0n) is 9.63. The molecule has 0 atom stereocenters. The molecule has 0 radical (unpaired) electrons. The summed E-state index contributed by atoms with van der Waals surface area (Å²) in [6.07, 6.45) is 2.19. The fraction of sp³-hybridized carbons (Fsp3) is 0.538. The van der Waals surface area contributed by atoms with Crippen molar-refractivity contribution in [1.29, 1.82) is 0 Å². The molecule has 0 heterocycles. The standard InChI is InChI=1S/C13H20O/c1-5-12-9-11(8-10(2)3)6-7-13(12)14-4/h6-7,9-10H,5,8H2,1-4H3. The number of benzene rings is 1. The van der Waals surface area contributed by atoms with Crippen molar-refractivity contribution >= 4 is 0 Å². The van der Waals surface area contributed by atoms with Crippen LogP contribution < -0.4 is 4.74 Å². The van der Waals surface area contributed by atoms with Gasteiger partial charge in [0.05, 0.1) is 7.11 Å². The number of ether oxygens (including phenoxy) is 1. The third-order valence-corrected chi connectivity index (χ3v) is 2.37. The lowest BCUT2D eigenvalue weighted by atomic mass is 10.00. The monoisotopic (exact) mass is 192 g/mol. The molecular formula is C13H20O. The van der Waals surface area contributed by atoms with E-state index in [0.717, 1.165) is 18.6 Å². The van der Waals surface area contributed by atoms with Gasteiger partial charge in [0, 0.05) is 0 Å². The van der Waals surface area contributed by atoms with Crippen LogP contribution in [0, 0.1) is 5.92 Å². The molecule has 0 saturated carbocycles. The molecule has 0 aliphatic heterocycles. The van der Waals surface area contributed by atoms with Crippen LogP contribution in [0.5, 0.6) is 5.75 Å². The molecule has 0 spiro atoms. The largest absolute Gasteiger partial charge is 0.496 e. The van der Waals surface area contributed by atoms with Gasteiger partial charge in [-0.1, -0.05) is 32.9 Å². The van der Waals surface area contributed by atoms with Gasteiger partial charge in [-0.2, -0.15) is 0 Å². The second-order valence-electron chi connectivity index (χ2n) is 4.10. The minimum absolute atomic E-state index is 0.716. The Morgan fingerprint density at radius 3 is 2.50 bits per heavy atom. The van der Waals surface area contributed by atoms with Crippen LogP contribution in [0.4, 0.5) is 0 Å². The minimum Gasteiger partial charge on any atom is -0.496 e. The van der Waals surface area contributed by atoms with E-state index in [1.807, 2.05) is 0 Å². The van der Waals surface area contributed by atoms with Crippen molar-refractivity contribution in [2.75, 3.05) is 7.11 Å². The van der Waals surface area contributed by atoms with Crippen LogP contribution in [0.15, 0.2) is 18.2 Å². The van der Waals surface area contributed by atoms with Gasteiger partial charge in [-0.05, 0) is 36.0 Å². The van der Waals surface area contributed by atoms with E-state index in [1.54, 1.807) is 7.11 Å².